The fourth-order valence-corrected chi connectivity index (χ4v) is 3.99. The Bertz CT molecular complexity index is 1110. The second kappa shape index (κ2) is 11.0. The minimum Gasteiger partial charge on any atom is -0.495 e. The number of amides is 1. The third-order valence-corrected chi connectivity index (χ3v) is 5.64. The Morgan fingerprint density at radius 2 is 2.03 bits per heavy atom. The Hall–Kier alpha value is -2.84. The van der Waals surface area contributed by atoms with Gasteiger partial charge in [-0.2, -0.15) is 0 Å². The number of carbonyl (C=O) groups is 1. The van der Waals surface area contributed by atoms with E-state index in [2.05, 4.69) is 10.3 Å². The Balaban J connectivity index is 1.79. The van der Waals surface area contributed by atoms with E-state index >= 15 is 0 Å². The van der Waals surface area contributed by atoms with E-state index in [0.29, 0.717) is 53.7 Å². The SMILES string of the molecule is CCOCCCn1c(SCC(=O)Nc2cc(C)ccc2OC)nc2ccccc2c1=O. The number of benzene rings is 2. The lowest BCUT2D eigenvalue weighted by atomic mass is 10.2. The molecule has 0 saturated heterocycles. The lowest BCUT2D eigenvalue weighted by molar-refractivity contribution is -0.113. The summed E-state index contributed by atoms with van der Waals surface area (Å²) in [5.74, 6) is 0.519. The van der Waals surface area contributed by atoms with Gasteiger partial charge >= 0.3 is 0 Å². The van der Waals surface area contributed by atoms with Gasteiger partial charge in [-0.1, -0.05) is 30.0 Å². The standard InChI is InChI=1S/C23H27N3O4S/c1-4-30-13-7-12-26-22(28)17-8-5-6-9-18(17)25-23(26)31-15-21(27)24-19-14-16(2)10-11-20(19)29-3/h5-6,8-11,14H,4,7,12-13,15H2,1-3H3,(H,24,27). The van der Waals surface area contributed by atoms with Gasteiger partial charge in [-0.15, -0.1) is 0 Å². The largest absolute Gasteiger partial charge is 0.495 e. The van der Waals surface area contributed by atoms with Crippen LogP contribution in [0.2, 0.25) is 0 Å². The molecular formula is C23H27N3O4S. The van der Waals surface area contributed by atoms with Gasteiger partial charge < -0.3 is 14.8 Å². The molecule has 0 spiro atoms. The number of ether oxygens (including phenoxy) is 2. The van der Waals surface area contributed by atoms with Crippen LogP contribution < -0.4 is 15.6 Å². The highest BCUT2D eigenvalue weighted by molar-refractivity contribution is 7.99. The number of methoxy groups -OCH3 is 1. The summed E-state index contributed by atoms with van der Waals surface area (Å²) < 4.78 is 12.4. The Morgan fingerprint density at radius 1 is 1.23 bits per heavy atom. The highest BCUT2D eigenvalue weighted by Gasteiger charge is 2.14. The van der Waals surface area contributed by atoms with E-state index in [1.165, 1.54) is 11.8 Å². The highest BCUT2D eigenvalue weighted by Crippen LogP contribution is 2.26. The lowest BCUT2D eigenvalue weighted by Gasteiger charge is -2.14. The molecule has 0 radical (unpaired) electrons. The molecule has 1 amide bonds. The molecule has 1 aromatic heterocycles. The molecule has 2 aromatic carbocycles. The summed E-state index contributed by atoms with van der Waals surface area (Å²) in [4.78, 5) is 30.3. The van der Waals surface area contributed by atoms with Crippen LogP contribution >= 0.6 is 11.8 Å². The molecule has 0 bridgehead atoms. The molecule has 0 aliphatic carbocycles. The molecule has 3 rings (SSSR count). The third kappa shape index (κ3) is 5.86. The molecule has 0 fully saturated rings. The number of carbonyl (C=O) groups excluding carboxylic acids is 1. The molecule has 164 valence electrons. The van der Waals surface area contributed by atoms with Gasteiger partial charge in [0, 0.05) is 19.8 Å². The van der Waals surface area contributed by atoms with Crippen molar-refractivity contribution >= 4 is 34.3 Å². The molecule has 0 aliphatic heterocycles. The van der Waals surface area contributed by atoms with Gasteiger partial charge in [-0.25, -0.2) is 4.98 Å². The first kappa shape index (κ1) is 22.8. The van der Waals surface area contributed by atoms with Crippen LogP contribution in [0.4, 0.5) is 5.69 Å². The van der Waals surface area contributed by atoms with Gasteiger partial charge in [0.25, 0.3) is 5.56 Å². The summed E-state index contributed by atoms with van der Waals surface area (Å²) in [5.41, 5.74) is 2.15. The predicted octanol–water partition coefficient (Wildman–Crippen LogP) is 3.87. The number of para-hydroxylation sites is 1. The Kier molecular flexibility index (Phi) is 8.08. The normalized spacial score (nSPS) is 10.9. The van der Waals surface area contributed by atoms with Gasteiger partial charge in [0.05, 0.1) is 29.5 Å². The van der Waals surface area contributed by atoms with E-state index in [4.69, 9.17) is 9.47 Å². The van der Waals surface area contributed by atoms with Crippen LogP contribution in [0.1, 0.15) is 18.9 Å². The average molecular weight is 442 g/mol. The van der Waals surface area contributed by atoms with Crippen molar-refractivity contribution < 1.29 is 14.3 Å². The minimum absolute atomic E-state index is 0.106. The number of rotatable bonds is 10. The number of aryl methyl sites for hydroxylation is 1. The number of anilines is 1. The molecule has 0 aliphatic rings. The molecular weight excluding hydrogens is 414 g/mol. The van der Waals surface area contributed by atoms with Crippen LogP contribution in [-0.2, 0) is 16.1 Å². The summed E-state index contributed by atoms with van der Waals surface area (Å²) in [6.07, 6.45) is 0.689. The van der Waals surface area contributed by atoms with Crippen molar-refractivity contribution in [2.24, 2.45) is 0 Å². The molecule has 1 N–H and O–H groups in total. The molecule has 7 nitrogen and oxygen atoms in total. The number of nitrogens with one attached hydrogen (secondary N) is 1. The van der Waals surface area contributed by atoms with Crippen LogP contribution in [0.25, 0.3) is 10.9 Å². The van der Waals surface area contributed by atoms with E-state index in [0.717, 1.165) is 5.56 Å². The van der Waals surface area contributed by atoms with Crippen LogP contribution in [-0.4, -0.2) is 41.5 Å². The summed E-state index contributed by atoms with van der Waals surface area (Å²) >= 11 is 1.24. The first-order valence-corrected chi connectivity index (χ1v) is 11.2. The van der Waals surface area contributed by atoms with Crippen LogP contribution in [0, 0.1) is 6.92 Å². The van der Waals surface area contributed by atoms with Crippen molar-refractivity contribution in [2.45, 2.75) is 32.0 Å². The minimum atomic E-state index is -0.197. The van der Waals surface area contributed by atoms with Gasteiger partial charge in [0.2, 0.25) is 5.91 Å². The summed E-state index contributed by atoms with van der Waals surface area (Å²) in [6.45, 7) is 5.56. The van der Waals surface area contributed by atoms with Gasteiger partial charge in [-0.3, -0.25) is 14.2 Å². The van der Waals surface area contributed by atoms with Crippen LogP contribution in [0.3, 0.4) is 0 Å². The van der Waals surface area contributed by atoms with Crippen LogP contribution in [0.5, 0.6) is 5.75 Å². The molecule has 3 aromatic rings. The molecule has 31 heavy (non-hydrogen) atoms. The van der Waals surface area contributed by atoms with Gasteiger partial charge in [0.1, 0.15) is 5.75 Å². The molecule has 8 heteroatoms. The lowest BCUT2D eigenvalue weighted by Crippen LogP contribution is -2.25. The van der Waals surface area contributed by atoms with E-state index < -0.39 is 0 Å². The summed E-state index contributed by atoms with van der Waals surface area (Å²) in [5, 5.41) is 3.97. The van der Waals surface area contributed by atoms with Crippen molar-refractivity contribution in [3.05, 3.63) is 58.4 Å². The fourth-order valence-electron chi connectivity index (χ4n) is 3.16. The highest BCUT2D eigenvalue weighted by atomic mass is 32.2. The van der Waals surface area contributed by atoms with E-state index in [-0.39, 0.29) is 17.2 Å². The number of thioether (sulfide) groups is 1. The van der Waals surface area contributed by atoms with Crippen molar-refractivity contribution in [1.29, 1.82) is 0 Å². The zero-order valence-corrected chi connectivity index (χ0v) is 18.8. The second-order valence-electron chi connectivity index (χ2n) is 6.96. The second-order valence-corrected chi connectivity index (χ2v) is 7.90. The van der Waals surface area contributed by atoms with Crippen molar-refractivity contribution in [1.82, 2.24) is 9.55 Å². The maximum atomic E-state index is 13.0. The number of hydrogen-bond acceptors (Lipinski definition) is 6. The average Bonchev–Trinajstić information content (AvgIpc) is 2.77. The molecule has 0 saturated carbocycles. The maximum absolute atomic E-state index is 13.0. The summed E-state index contributed by atoms with van der Waals surface area (Å²) in [6, 6.07) is 12.9. The van der Waals surface area contributed by atoms with Crippen molar-refractivity contribution in [3.63, 3.8) is 0 Å². The first-order valence-electron chi connectivity index (χ1n) is 10.2. The molecule has 0 unspecified atom stereocenters. The van der Waals surface area contributed by atoms with Crippen molar-refractivity contribution in [2.75, 3.05) is 31.4 Å². The fraction of sp³-hybridized carbons (Fsp3) is 0.348. The quantitative estimate of drug-likeness (QED) is 0.292. The number of hydrogen-bond donors (Lipinski definition) is 1. The number of aromatic nitrogens is 2. The number of fused-ring (bicyclic) bond motifs is 1. The molecule has 0 atom stereocenters. The zero-order valence-electron chi connectivity index (χ0n) is 18.0. The first-order chi connectivity index (χ1) is 15.0. The summed E-state index contributed by atoms with van der Waals surface area (Å²) in [7, 11) is 1.56. The smallest absolute Gasteiger partial charge is 0.262 e. The van der Waals surface area contributed by atoms with Gasteiger partial charge in [-0.05, 0) is 50.1 Å². The van der Waals surface area contributed by atoms with E-state index in [9.17, 15) is 9.59 Å². The Labute approximate surface area is 185 Å². The van der Waals surface area contributed by atoms with E-state index in [1.807, 2.05) is 50.2 Å². The van der Waals surface area contributed by atoms with E-state index in [1.54, 1.807) is 17.7 Å². The maximum Gasteiger partial charge on any atom is 0.262 e. The molecule has 1 heterocycles. The topological polar surface area (TPSA) is 82.4 Å². The number of nitrogens with zero attached hydrogens (tertiary/aromatic N) is 2. The third-order valence-electron chi connectivity index (χ3n) is 4.66. The van der Waals surface area contributed by atoms with Crippen molar-refractivity contribution in [3.8, 4) is 5.75 Å². The predicted molar refractivity (Wildman–Crippen MR) is 124 cm³/mol. The van der Waals surface area contributed by atoms with Gasteiger partial charge in [0.15, 0.2) is 5.16 Å². The zero-order chi connectivity index (χ0) is 22.2. The Morgan fingerprint density at radius 3 is 2.81 bits per heavy atom. The monoisotopic (exact) mass is 441 g/mol. The van der Waals surface area contributed by atoms with Crippen LogP contribution in [0.15, 0.2) is 52.4 Å².